The van der Waals surface area contributed by atoms with Gasteiger partial charge in [-0.25, -0.2) is 4.79 Å². The Morgan fingerprint density at radius 3 is 2.06 bits per heavy atom. The fourth-order valence-corrected chi connectivity index (χ4v) is 6.00. The Hall–Kier alpha value is -4.91. The number of likely N-dealkylation sites (N-methyl/N-ethyl adjacent to an activating group) is 1. The van der Waals surface area contributed by atoms with Crippen LogP contribution in [0, 0.1) is 19.3 Å². The molecule has 2 aromatic rings. The van der Waals surface area contributed by atoms with E-state index in [1.165, 1.54) is 35.0 Å². The molecule has 2 rings (SSSR count). The van der Waals surface area contributed by atoms with Crippen molar-refractivity contribution in [3.63, 3.8) is 0 Å². The van der Waals surface area contributed by atoms with Crippen molar-refractivity contribution in [3.8, 4) is 18.1 Å². The molecule has 15 heteroatoms. The number of benzene rings is 2. The van der Waals surface area contributed by atoms with Crippen molar-refractivity contribution in [2.45, 2.75) is 81.5 Å². The minimum Gasteiger partial charge on any atom is -0.481 e. The zero-order valence-electron chi connectivity index (χ0n) is 31.3. The van der Waals surface area contributed by atoms with Crippen LogP contribution < -0.4 is 15.4 Å². The highest BCUT2D eigenvalue weighted by Crippen LogP contribution is 2.40. The molecule has 0 aliphatic heterocycles. The first kappa shape index (κ1) is 46.1. The summed E-state index contributed by atoms with van der Waals surface area (Å²) >= 11 is 1.16. The number of carbonyl (C=O) groups is 6. The topological polar surface area (TPSA) is 182 Å². The second kappa shape index (κ2) is 25.1. The fraction of sp³-hybridized carbons (Fsp3) is 0.474. The third-order valence-corrected chi connectivity index (χ3v) is 8.70. The molecule has 0 fully saturated rings. The lowest BCUT2D eigenvalue weighted by atomic mass is 9.97. The van der Waals surface area contributed by atoms with Crippen molar-refractivity contribution in [2.75, 3.05) is 41.0 Å². The van der Waals surface area contributed by atoms with Crippen molar-refractivity contribution in [3.05, 3.63) is 59.7 Å². The summed E-state index contributed by atoms with van der Waals surface area (Å²) in [6.07, 6.45) is 4.99. The minimum absolute atomic E-state index is 0.0403. The lowest BCUT2D eigenvalue weighted by Gasteiger charge is -2.35. The zero-order chi connectivity index (χ0) is 39.8. The van der Waals surface area contributed by atoms with Gasteiger partial charge in [-0.15, -0.1) is 6.42 Å². The van der Waals surface area contributed by atoms with E-state index in [0.29, 0.717) is 24.9 Å². The molecule has 53 heavy (non-hydrogen) atoms. The number of aldehydes is 1. The van der Waals surface area contributed by atoms with Crippen LogP contribution in [-0.2, 0) is 58.9 Å². The van der Waals surface area contributed by atoms with Crippen molar-refractivity contribution in [2.24, 2.45) is 0 Å². The molecule has 1 amide bonds. The first-order valence-corrected chi connectivity index (χ1v) is 17.4. The van der Waals surface area contributed by atoms with Crippen LogP contribution in [0.15, 0.2) is 53.4 Å². The Morgan fingerprint density at radius 2 is 1.57 bits per heavy atom. The molecule has 2 unspecified atom stereocenters. The van der Waals surface area contributed by atoms with E-state index in [-0.39, 0.29) is 38.5 Å². The van der Waals surface area contributed by atoms with Gasteiger partial charge < -0.3 is 39.1 Å². The molecule has 4 atom stereocenters. The lowest BCUT2D eigenvalue weighted by molar-refractivity contribution is -0.163. The molecule has 0 spiro atoms. The molecule has 0 saturated heterocycles. The van der Waals surface area contributed by atoms with Gasteiger partial charge in [-0.1, -0.05) is 47.5 Å². The third kappa shape index (κ3) is 18.4. The van der Waals surface area contributed by atoms with Crippen LogP contribution in [0.3, 0.4) is 0 Å². The summed E-state index contributed by atoms with van der Waals surface area (Å²) in [5.41, 5.74) is 1.82. The fourth-order valence-electron chi connectivity index (χ4n) is 4.85. The molecule has 0 saturated carbocycles. The van der Waals surface area contributed by atoms with Crippen LogP contribution in [0.5, 0.6) is 5.75 Å². The molecule has 2 N–H and O–H groups in total. The number of amides is 1. The molecule has 0 aliphatic carbocycles. The highest BCUT2D eigenvalue weighted by atomic mass is 32.2. The van der Waals surface area contributed by atoms with E-state index in [1.807, 2.05) is 31.2 Å². The van der Waals surface area contributed by atoms with Crippen LogP contribution >= 0.6 is 11.8 Å². The number of terminal acetylenes is 1. The number of nitrogens with one attached hydrogen (secondary N) is 2. The van der Waals surface area contributed by atoms with Gasteiger partial charge in [-0.3, -0.25) is 24.0 Å². The molecule has 0 aromatic heterocycles. The number of esters is 4. The Morgan fingerprint density at radius 1 is 0.925 bits per heavy atom. The molecule has 0 radical (unpaired) electrons. The Labute approximate surface area is 315 Å². The summed E-state index contributed by atoms with van der Waals surface area (Å²) in [6, 6.07) is 14.1. The first-order chi connectivity index (χ1) is 25.2. The summed E-state index contributed by atoms with van der Waals surface area (Å²) in [5.74, 6) is 0.638. The lowest BCUT2D eigenvalue weighted by Crippen LogP contribution is -2.49. The first-order valence-electron chi connectivity index (χ1n) is 16.6. The molecule has 290 valence electrons. The molecule has 0 heterocycles. The SMILES string of the molecule is C#CCOc1ccc(CC(=O)NCC(CCC(NC)[C@H](C[C@@](OC)(Sc2ccc(C)cc2)C(=O)OC)OC(C)=O)OC(C)=O)cc1.CC(=O)OCC=O. The highest BCUT2D eigenvalue weighted by molar-refractivity contribution is 8.01. The molecule has 14 nitrogen and oxygen atoms in total. The van der Waals surface area contributed by atoms with Crippen LogP contribution in [0.1, 0.15) is 51.2 Å². The van der Waals surface area contributed by atoms with Crippen molar-refractivity contribution >= 4 is 47.8 Å². The van der Waals surface area contributed by atoms with Crippen LogP contribution in [0.4, 0.5) is 0 Å². The van der Waals surface area contributed by atoms with E-state index in [0.717, 1.165) is 27.8 Å². The third-order valence-electron chi connectivity index (χ3n) is 7.36. The van der Waals surface area contributed by atoms with E-state index in [9.17, 15) is 28.8 Å². The maximum atomic E-state index is 13.2. The summed E-state index contributed by atoms with van der Waals surface area (Å²) in [5, 5.41) is 5.99. The monoisotopic (exact) mass is 758 g/mol. The quantitative estimate of drug-likeness (QED) is 0.0472. The number of hydrogen-bond acceptors (Lipinski definition) is 14. The van der Waals surface area contributed by atoms with E-state index in [2.05, 4.69) is 21.3 Å². The number of ether oxygens (including phenoxy) is 6. The Kier molecular flexibility index (Phi) is 21.9. The Bertz CT molecular complexity index is 1510. The van der Waals surface area contributed by atoms with Crippen molar-refractivity contribution < 1.29 is 57.2 Å². The van der Waals surface area contributed by atoms with Gasteiger partial charge in [0.2, 0.25) is 10.8 Å². The maximum absolute atomic E-state index is 13.2. The van der Waals surface area contributed by atoms with Gasteiger partial charge in [-0.2, -0.15) is 0 Å². The predicted octanol–water partition coefficient (Wildman–Crippen LogP) is 3.34. The number of aryl methyl sites for hydroxylation is 1. The predicted molar refractivity (Wildman–Crippen MR) is 197 cm³/mol. The van der Waals surface area contributed by atoms with Gasteiger partial charge in [0.25, 0.3) is 0 Å². The summed E-state index contributed by atoms with van der Waals surface area (Å²) in [4.78, 5) is 68.5. The summed E-state index contributed by atoms with van der Waals surface area (Å²) in [7, 11) is 4.37. The largest absolute Gasteiger partial charge is 0.481 e. The average Bonchev–Trinajstić information content (AvgIpc) is 3.12. The van der Waals surface area contributed by atoms with Gasteiger partial charge in [0.1, 0.15) is 31.2 Å². The highest BCUT2D eigenvalue weighted by Gasteiger charge is 2.46. The van der Waals surface area contributed by atoms with Gasteiger partial charge in [0, 0.05) is 45.2 Å². The molecule has 0 aliphatic rings. The van der Waals surface area contributed by atoms with E-state index in [4.69, 9.17) is 30.1 Å². The van der Waals surface area contributed by atoms with Crippen LogP contribution in [0.2, 0.25) is 0 Å². The standard InChI is InChI=1S/C34H44N2O9S.C4H6O3/c1-8-19-43-27-13-11-26(12-14-27)20-32(39)36-22-28(44-24(3)37)15-18-30(35-5)31(45-25(4)38)21-34(42-7,33(40)41-6)46-29-16-9-23(2)10-17-29;1-4(6)7-3-2-5/h1,9-14,16-17,28,30-31,35H,15,18-22H2,2-7H3,(H,36,39);2H,3H2,1H3/t28?,30?,31-,34+;/m0./s1. The smallest absolute Gasteiger partial charge is 0.349 e. The maximum Gasteiger partial charge on any atom is 0.349 e. The number of methoxy groups -OCH3 is 2. The van der Waals surface area contributed by atoms with Gasteiger partial charge >= 0.3 is 23.9 Å². The minimum atomic E-state index is -1.53. The summed E-state index contributed by atoms with van der Waals surface area (Å²) in [6.45, 7) is 5.88. The van der Waals surface area contributed by atoms with Crippen molar-refractivity contribution in [1.29, 1.82) is 0 Å². The second-order valence-electron chi connectivity index (χ2n) is 11.5. The number of hydrogen-bond donors (Lipinski definition) is 2. The van der Waals surface area contributed by atoms with Gasteiger partial charge in [0.05, 0.1) is 20.1 Å². The van der Waals surface area contributed by atoms with Gasteiger partial charge in [-0.05, 0) is 56.6 Å². The van der Waals surface area contributed by atoms with E-state index < -0.39 is 47.1 Å². The number of carbonyl (C=O) groups excluding carboxylic acids is 6. The zero-order valence-corrected chi connectivity index (χ0v) is 32.1. The normalized spacial score (nSPS) is 13.2. The van der Waals surface area contributed by atoms with Gasteiger partial charge in [0.15, 0.2) is 6.29 Å². The van der Waals surface area contributed by atoms with Crippen molar-refractivity contribution in [1.82, 2.24) is 10.6 Å². The average molecular weight is 759 g/mol. The number of thioether (sulfide) groups is 1. The van der Waals surface area contributed by atoms with E-state index >= 15 is 0 Å². The van der Waals surface area contributed by atoms with Crippen LogP contribution in [0.25, 0.3) is 0 Å². The Balaban J connectivity index is 0.00000181. The second-order valence-corrected chi connectivity index (χ2v) is 12.8. The van der Waals surface area contributed by atoms with Crippen LogP contribution in [-0.4, -0.2) is 100 Å². The summed E-state index contributed by atoms with van der Waals surface area (Å²) < 4.78 is 31.7. The molecule has 0 bridgehead atoms. The molecular weight excluding hydrogens is 708 g/mol. The molecular formula is C38H50N2O12S. The molecule has 2 aromatic carbocycles. The number of rotatable bonds is 21. The van der Waals surface area contributed by atoms with E-state index in [1.54, 1.807) is 31.3 Å².